The van der Waals surface area contributed by atoms with Crippen LogP contribution in [0.5, 0.6) is 5.75 Å². The van der Waals surface area contributed by atoms with Gasteiger partial charge in [0.1, 0.15) is 11.6 Å². The molecule has 0 saturated heterocycles. The summed E-state index contributed by atoms with van der Waals surface area (Å²) in [4.78, 5) is 0. The molecule has 0 saturated carbocycles. The second-order valence-corrected chi connectivity index (χ2v) is 5.76. The van der Waals surface area contributed by atoms with Gasteiger partial charge in [0.25, 0.3) is 0 Å². The molecule has 2 rings (SSSR count). The second kappa shape index (κ2) is 6.92. The monoisotopic (exact) mass is 307 g/mol. The van der Waals surface area contributed by atoms with E-state index >= 15 is 0 Å². The number of aromatic hydroxyl groups is 1. The van der Waals surface area contributed by atoms with Gasteiger partial charge in [-0.05, 0) is 44.0 Å². The summed E-state index contributed by atoms with van der Waals surface area (Å²) in [5.74, 6) is -0.458. The maximum Gasteiger partial charge on any atom is 0.126 e. The van der Waals surface area contributed by atoms with Crippen molar-refractivity contribution in [3.05, 3.63) is 64.4 Å². The zero-order valence-corrected chi connectivity index (χ0v) is 12.9. The van der Waals surface area contributed by atoms with Crippen LogP contribution in [0.2, 0.25) is 5.02 Å². The minimum Gasteiger partial charge on any atom is -0.508 e. The van der Waals surface area contributed by atoms with Crippen molar-refractivity contribution in [2.24, 2.45) is 0 Å². The van der Waals surface area contributed by atoms with Crippen molar-refractivity contribution in [1.82, 2.24) is 5.32 Å². The summed E-state index contributed by atoms with van der Waals surface area (Å²) >= 11 is 5.98. The third-order valence-electron chi connectivity index (χ3n) is 3.42. The van der Waals surface area contributed by atoms with E-state index < -0.39 is 5.82 Å². The molecule has 0 fully saturated rings. The Bertz CT molecular complexity index is 617. The van der Waals surface area contributed by atoms with Crippen molar-refractivity contribution in [2.45, 2.75) is 32.4 Å². The van der Waals surface area contributed by atoms with Crippen LogP contribution in [0, 0.1) is 5.82 Å². The molecule has 2 aromatic rings. The lowest BCUT2D eigenvalue weighted by Crippen LogP contribution is -2.30. The molecule has 2 aromatic carbocycles. The highest BCUT2D eigenvalue weighted by molar-refractivity contribution is 6.30. The number of halogens is 2. The Kier molecular flexibility index (Phi) is 5.21. The maximum absolute atomic E-state index is 13.0. The molecule has 4 heteroatoms. The Morgan fingerprint density at radius 2 is 1.95 bits per heavy atom. The zero-order valence-electron chi connectivity index (χ0n) is 12.1. The van der Waals surface area contributed by atoms with Gasteiger partial charge in [-0.1, -0.05) is 29.8 Å². The molecule has 0 aliphatic heterocycles. The van der Waals surface area contributed by atoms with Crippen LogP contribution in [0.1, 0.15) is 31.0 Å². The first-order valence-electron chi connectivity index (χ1n) is 6.94. The Hall–Kier alpha value is -1.58. The van der Waals surface area contributed by atoms with Crippen LogP contribution in [-0.2, 0) is 6.42 Å². The number of hydrogen-bond donors (Lipinski definition) is 2. The number of nitrogens with one attached hydrogen (secondary N) is 1. The molecule has 2 nitrogen and oxygen atoms in total. The van der Waals surface area contributed by atoms with E-state index in [4.69, 9.17) is 11.6 Å². The number of phenols is 1. The maximum atomic E-state index is 13.0. The first-order valence-corrected chi connectivity index (χ1v) is 7.32. The van der Waals surface area contributed by atoms with Crippen LogP contribution < -0.4 is 5.32 Å². The van der Waals surface area contributed by atoms with Crippen molar-refractivity contribution >= 4 is 11.6 Å². The highest BCUT2D eigenvalue weighted by atomic mass is 35.5. The zero-order chi connectivity index (χ0) is 15.4. The molecule has 0 radical (unpaired) electrons. The van der Waals surface area contributed by atoms with Gasteiger partial charge in [-0.3, -0.25) is 0 Å². The third-order valence-corrected chi connectivity index (χ3v) is 3.66. The summed E-state index contributed by atoms with van der Waals surface area (Å²) in [5, 5.41) is 13.9. The molecule has 0 bridgehead atoms. The van der Waals surface area contributed by atoms with E-state index in [9.17, 15) is 9.50 Å². The average Bonchev–Trinajstić information content (AvgIpc) is 2.38. The van der Waals surface area contributed by atoms with Gasteiger partial charge in [-0.2, -0.15) is 0 Å². The van der Waals surface area contributed by atoms with E-state index in [-0.39, 0.29) is 17.8 Å². The first-order chi connectivity index (χ1) is 9.95. The van der Waals surface area contributed by atoms with Crippen LogP contribution >= 0.6 is 11.6 Å². The lowest BCUT2D eigenvalue weighted by atomic mass is 10.0. The molecule has 0 spiro atoms. The van der Waals surface area contributed by atoms with Gasteiger partial charge >= 0.3 is 0 Å². The summed E-state index contributed by atoms with van der Waals surface area (Å²) < 4.78 is 13.0. The fraction of sp³-hybridized carbons (Fsp3) is 0.294. The molecule has 2 unspecified atom stereocenters. The van der Waals surface area contributed by atoms with Crippen LogP contribution in [-0.4, -0.2) is 11.1 Å². The van der Waals surface area contributed by atoms with Crippen LogP contribution in [0.25, 0.3) is 0 Å². The first kappa shape index (κ1) is 15.8. The molecule has 0 heterocycles. The molecular weight excluding hydrogens is 289 g/mol. The summed E-state index contributed by atoms with van der Waals surface area (Å²) in [7, 11) is 0. The summed E-state index contributed by atoms with van der Waals surface area (Å²) in [6, 6.07) is 12.0. The van der Waals surface area contributed by atoms with Crippen molar-refractivity contribution < 1.29 is 9.50 Å². The second-order valence-electron chi connectivity index (χ2n) is 5.33. The average molecular weight is 308 g/mol. The van der Waals surface area contributed by atoms with E-state index in [1.165, 1.54) is 6.07 Å². The highest BCUT2D eigenvalue weighted by Gasteiger charge is 2.14. The predicted molar refractivity (Wildman–Crippen MR) is 84.2 cm³/mol. The van der Waals surface area contributed by atoms with E-state index in [0.29, 0.717) is 5.56 Å². The summed E-state index contributed by atoms with van der Waals surface area (Å²) in [6.07, 6.45) is 0.826. The smallest absolute Gasteiger partial charge is 0.126 e. The molecule has 0 aliphatic carbocycles. The largest absolute Gasteiger partial charge is 0.508 e. The van der Waals surface area contributed by atoms with Gasteiger partial charge in [0, 0.05) is 28.7 Å². The van der Waals surface area contributed by atoms with Gasteiger partial charge in [0.2, 0.25) is 0 Å². The molecule has 0 amide bonds. The number of phenolic OH excluding ortho intramolecular Hbond substituents is 1. The molecule has 2 atom stereocenters. The normalized spacial score (nSPS) is 13.9. The van der Waals surface area contributed by atoms with Crippen molar-refractivity contribution in [3.63, 3.8) is 0 Å². The topological polar surface area (TPSA) is 32.3 Å². The van der Waals surface area contributed by atoms with Crippen LogP contribution in [0.4, 0.5) is 4.39 Å². The van der Waals surface area contributed by atoms with Gasteiger partial charge in [0.15, 0.2) is 0 Å². The van der Waals surface area contributed by atoms with E-state index in [2.05, 4.69) is 12.2 Å². The van der Waals surface area contributed by atoms with E-state index in [1.54, 1.807) is 6.07 Å². The molecule has 2 N–H and O–H groups in total. The van der Waals surface area contributed by atoms with Crippen molar-refractivity contribution in [2.75, 3.05) is 0 Å². The minimum atomic E-state index is -0.435. The fourth-order valence-electron chi connectivity index (χ4n) is 2.48. The Morgan fingerprint density at radius 1 is 1.19 bits per heavy atom. The minimum absolute atomic E-state index is 0.0232. The molecular formula is C17H19ClFNO. The molecule has 0 aromatic heterocycles. The summed E-state index contributed by atoms with van der Waals surface area (Å²) in [5.41, 5.74) is 1.84. The van der Waals surface area contributed by atoms with E-state index in [1.807, 2.05) is 31.2 Å². The number of rotatable bonds is 5. The Balaban J connectivity index is 2.00. The van der Waals surface area contributed by atoms with Crippen molar-refractivity contribution in [1.29, 1.82) is 0 Å². The standard InChI is InChI=1S/C17H19ClFNO/c1-11(8-13-4-3-5-14(18)9-13)20-12(2)16-7-6-15(19)10-17(16)21/h3-7,9-12,20-21H,8H2,1-2H3. The molecule has 0 aliphatic rings. The van der Waals surface area contributed by atoms with Crippen LogP contribution in [0.3, 0.4) is 0 Å². The van der Waals surface area contributed by atoms with Crippen LogP contribution in [0.15, 0.2) is 42.5 Å². The quantitative estimate of drug-likeness (QED) is 0.854. The molecule has 21 heavy (non-hydrogen) atoms. The lowest BCUT2D eigenvalue weighted by Gasteiger charge is -2.21. The highest BCUT2D eigenvalue weighted by Crippen LogP contribution is 2.25. The fourth-order valence-corrected chi connectivity index (χ4v) is 2.69. The Morgan fingerprint density at radius 3 is 2.62 bits per heavy atom. The number of hydrogen-bond acceptors (Lipinski definition) is 2. The lowest BCUT2D eigenvalue weighted by molar-refractivity contribution is 0.429. The third kappa shape index (κ3) is 4.45. The van der Waals surface area contributed by atoms with Gasteiger partial charge in [-0.15, -0.1) is 0 Å². The van der Waals surface area contributed by atoms with Gasteiger partial charge < -0.3 is 10.4 Å². The van der Waals surface area contributed by atoms with Gasteiger partial charge in [0.05, 0.1) is 0 Å². The predicted octanol–water partition coefficient (Wildman–Crippen LogP) is 4.47. The molecule has 112 valence electrons. The Labute approximate surface area is 129 Å². The number of benzene rings is 2. The summed E-state index contributed by atoms with van der Waals surface area (Å²) in [6.45, 7) is 4.01. The van der Waals surface area contributed by atoms with Gasteiger partial charge in [-0.25, -0.2) is 4.39 Å². The SMILES string of the molecule is CC(Cc1cccc(Cl)c1)NC(C)c1ccc(F)cc1O. The van der Waals surface area contributed by atoms with Crippen molar-refractivity contribution in [3.8, 4) is 5.75 Å². The van der Waals surface area contributed by atoms with E-state index in [0.717, 1.165) is 23.1 Å².